The number of hydrogen-bond donors (Lipinski definition) is 2. The minimum Gasteiger partial charge on any atom is -0.481 e. The van der Waals surface area contributed by atoms with Crippen LogP contribution in [0.1, 0.15) is 26.2 Å². The van der Waals surface area contributed by atoms with Crippen molar-refractivity contribution >= 4 is 12.0 Å². The summed E-state index contributed by atoms with van der Waals surface area (Å²) in [4.78, 5) is 24.2. The maximum absolute atomic E-state index is 11.9. The number of carbonyl (C=O) groups is 2. The average Bonchev–Trinajstić information content (AvgIpc) is 2.62. The van der Waals surface area contributed by atoms with Crippen molar-refractivity contribution in [3.8, 4) is 0 Å². The summed E-state index contributed by atoms with van der Waals surface area (Å²) < 4.78 is 5.27. The molecule has 0 aromatic rings. The van der Waals surface area contributed by atoms with Crippen molar-refractivity contribution < 1.29 is 19.4 Å². The van der Waals surface area contributed by atoms with Gasteiger partial charge in [0.2, 0.25) is 0 Å². The predicted octanol–water partition coefficient (Wildman–Crippen LogP) is 0.919. The Hall–Kier alpha value is -1.30. The Kier molecular flexibility index (Phi) is 6.49. The van der Waals surface area contributed by atoms with Gasteiger partial charge in [0.15, 0.2) is 0 Å². The number of urea groups is 1. The molecule has 2 amide bonds. The summed E-state index contributed by atoms with van der Waals surface area (Å²) in [5.74, 6) is -0.825. The number of carboxylic acids is 1. The maximum Gasteiger partial charge on any atom is 0.317 e. The highest BCUT2D eigenvalue weighted by Crippen LogP contribution is 2.07. The lowest BCUT2D eigenvalue weighted by molar-refractivity contribution is -0.138. The number of rotatable bonds is 5. The lowest BCUT2D eigenvalue weighted by atomic mass is 10.0. The third kappa shape index (κ3) is 5.35. The number of hydrogen-bond acceptors (Lipinski definition) is 3. The molecule has 1 heterocycles. The number of carboxylic acid groups (broad SMARTS) is 1. The lowest BCUT2D eigenvalue weighted by Gasteiger charge is -2.22. The van der Waals surface area contributed by atoms with E-state index in [-0.39, 0.29) is 18.4 Å². The van der Waals surface area contributed by atoms with Crippen molar-refractivity contribution in [1.82, 2.24) is 10.2 Å². The zero-order valence-electron chi connectivity index (χ0n) is 10.9. The standard InChI is InChI=1S/C12H22N2O4/c1-2-10(8-11(15)16)9-13-12(17)14-4-3-6-18-7-5-14/h10H,2-9H2,1H3,(H,13,17)(H,15,16). The predicted molar refractivity (Wildman–Crippen MR) is 66.4 cm³/mol. The Balaban J connectivity index is 2.31. The SMILES string of the molecule is CCC(CNC(=O)N1CCCOCC1)CC(=O)O. The van der Waals surface area contributed by atoms with Gasteiger partial charge < -0.3 is 20.1 Å². The molecule has 6 nitrogen and oxygen atoms in total. The summed E-state index contributed by atoms with van der Waals surface area (Å²) in [5, 5.41) is 11.5. The van der Waals surface area contributed by atoms with E-state index in [0.717, 1.165) is 12.8 Å². The fourth-order valence-electron chi connectivity index (χ4n) is 1.90. The zero-order valence-corrected chi connectivity index (χ0v) is 10.9. The van der Waals surface area contributed by atoms with E-state index in [4.69, 9.17) is 9.84 Å². The molecule has 1 rings (SSSR count). The first-order valence-corrected chi connectivity index (χ1v) is 6.45. The summed E-state index contributed by atoms with van der Waals surface area (Å²) in [7, 11) is 0. The molecule has 1 atom stereocenters. The minimum atomic E-state index is -0.820. The van der Waals surface area contributed by atoms with E-state index in [1.54, 1.807) is 4.90 Å². The van der Waals surface area contributed by atoms with Gasteiger partial charge in [-0.15, -0.1) is 0 Å². The number of carbonyl (C=O) groups excluding carboxylic acids is 1. The van der Waals surface area contributed by atoms with Crippen molar-refractivity contribution in [2.24, 2.45) is 5.92 Å². The fourth-order valence-corrected chi connectivity index (χ4v) is 1.90. The van der Waals surface area contributed by atoms with E-state index in [0.29, 0.717) is 32.8 Å². The molecule has 0 radical (unpaired) electrons. The van der Waals surface area contributed by atoms with Gasteiger partial charge in [0.05, 0.1) is 6.61 Å². The smallest absolute Gasteiger partial charge is 0.317 e. The van der Waals surface area contributed by atoms with E-state index in [1.165, 1.54) is 0 Å². The largest absolute Gasteiger partial charge is 0.481 e. The number of nitrogens with zero attached hydrogens (tertiary/aromatic N) is 1. The number of amides is 2. The number of aliphatic carboxylic acids is 1. The van der Waals surface area contributed by atoms with Gasteiger partial charge in [-0.25, -0.2) is 4.79 Å². The Morgan fingerprint density at radius 2 is 2.17 bits per heavy atom. The first kappa shape index (κ1) is 14.8. The molecule has 0 bridgehead atoms. The Labute approximate surface area is 107 Å². The molecule has 1 fully saturated rings. The summed E-state index contributed by atoms with van der Waals surface area (Å²) in [5.41, 5.74) is 0. The second-order valence-electron chi connectivity index (χ2n) is 4.51. The quantitative estimate of drug-likeness (QED) is 0.768. The van der Waals surface area contributed by atoms with Gasteiger partial charge in [0.1, 0.15) is 0 Å². The normalized spacial score (nSPS) is 17.9. The fraction of sp³-hybridized carbons (Fsp3) is 0.833. The third-order valence-corrected chi connectivity index (χ3v) is 3.09. The molecule has 104 valence electrons. The second-order valence-corrected chi connectivity index (χ2v) is 4.51. The molecule has 0 aromatic heterocycles. The molecule has 1 aliphatic rings. The van der Waals surface area contributed by atoms with Crippen LogP contribution in [0, 0.1) is 5.92 Å². The average molecular weight is 258 g/mol. The summed E-state index contributed by atoms with van der Waals surface area (Å²) in [6.07, 6.45) is 1.69. The van der Waals surface area contributed by atoms with Crippen LogP contribution in [-0.4, -0.2) is 54.9 Å². The van der Waals surface area contributed by atoms with Gasteiger partial charge in [-0.1, -0.05) is 13.3 Å². The van der Waals surface area contributed by atoms with Gasteiger partial charge >= 0.3 is 12.0 Å². The van der Waals surface area contributed by atoms with Gasteiger partial charge in [0.25, 0.3) is 0 Å². The Bertz CT molecular complexity index is 275. The van der Waals surface area contributed by atoms with Crippen molar-refractivity contribution in [3.63, 3.8) is 0 Å². The van der Waals surface area contributed by atoms with Crippen LogP contribution in [0.3, 0.4) is 0 Å². The van der Waals surface area contributed by atoms with E-state index in [1.807, 2.05) is 6.92 Å². The van der Waals surface area contributed by atoms with Crippen LogP contribution in [-0.2, 0) is 9.53 Å². The molecular weight excluding hydrogens is 236 g/mol. The molecule has 18 heavy (non-hydrogen) atoms. The van der Waals surface area contributed by atoms with Gasteiger partial charge in [0, 0.05) is 32.7 Å². The van der Waals surface area contributed by atoms with E-state index >= 15 is 0 Å². The monoisotopic (exact) mass is 258 g/mol. The van der Waals surface area contributed by atoms with Crippen LogP contribution < -0.4 is 5.32 Å². The highest BCUT2D eigenvalue weighted by Gasteiger charge is 2.17. The van der Waals surface area contributed by atoms with Crippen LogP contribution in [0.5, 0.6) is 0 Å². The molecule has 0 aliphatic carbocycles. The molecule has 0 aromatic carbocycles. The van der Waals surface area contributed by atoms with Crippen LogP contribution in [0.15, 0.2) is 0 Å². The maximum atomic E-state index is 11.9. The summed E-state index contributed by atoms with van der Waals surface area (Å²) in [6, 6.07) is -0.121. The lowest BCUT2D eigenvalue weighted by Crippen LogP contribution is -2.43. The van der Waals surface area contributed by atoms with Gasteiger partial charge in [-0.3, -0.25) is 4.79 Å². The highest BCUT2D eigenvalue weighted by molar-refractivity contribution is 5.74. The third-order valence-electron chi connectivity index (χ3n) is 3.09. The molecule has 1 saturated heterocycles. The van der Waals surface area contributed by atoms with Gasteiger partial charge in [-0.05, 0) is 12.3 Å². The van der Waals surface area contributed by atoms with Crippen LogP contribution >= 0.6 is 0 Å². The summed E-state index contributed by atoms with van der Waals surface area (Å²) in [6.45, 7) is 4.90. The molecule has 1 aliphatic heterocycles. The van der Waals surface area contributed by atoms with Crippen molar-refractivity contribution in [3.05, 3.63) is 0 Å². The number of ether oxygens (including phenoxy) is 1. The Morgan fingerprint density at radius 3 is 2.83 bits per heavy atom. The van der Waals surface area contributed by atoms with E-state index < -0.39 is 5.97 Å². The minimum absolute atomic E-state index is 0.00493. The van der Waals surface area contributed by atoms with Crippen molar-refractivity contribution in [2.45, 2.75) is 26.2 Å². The van der Waals surface area contributed by atoms with E-state index in [9.17, 15) is 9.59 Å². The molecule has 1 unspecified atom stereocenters. The molecule has 2 N–H and O–H groups in total. The molecule has 6 heteroatoms. The van der Waals surface area contributed by atoms with Crippen LogP contribution in [0.4, 0.5) is 4.79 Å². The van der Waals surface area contributed by atoms with Crippen molar-refractivity contribution in [1.29, 1.82) is 0 Å². The molecule has 0 spiro atoms. The first-order chi connectivity index (χ1) is 8.63. The second kappa shape index (κ2) is 7.92. The highest BCUT2D eigenvalue weighted by atomic mass is 16.5. The summed E-state index contributed by atoms with van der Waals surface area (Å²) >= 11 is 0. The Morgan fingerprint density at radius 1 is 1.39 bits per heavy atom. The topological polar surface area (TPSA) is 78.9 Å². The molecule has 0 saturated carbocycles. The first-order valence-electron chi connectivity index (χ1n) is 6.45. The van der Waals surface area contributed by atoms with Gasteiger partial charge in [-0.2, -0.15) is 0 Å². The van der Waals surface area contributed by atoms with Crippen LogP contribution in [0.2, 0.25) is 0 Å². The van der Waals surface area contributed by atoms with Crippen molar-refractivity contribution in [2.75, 3.05) is 32.8 Å². The number of nitrogens with one attached hydrogen (secondary N) is 1. The molecular formula is C12H22N2O4. The van der Waals surface area contributed by atoms with E-state index in [2.05, 4.69) is 5.32 Å². The zero-order chi connectivity index (χ0) is 13.4. The van der Waals surface area contributed by atoms with Crippen LogP contribution in [0.25, 0.3) is 0 Å².